The van der Waals surface area contributed by atoms with Gasteiger partial charge in [-0.3, -0.25) is 4.79 Å². The molecule has 0 aliphatic rings. The molecule has 0 saturated carbocycles. The van der Waals surface area contributed by atoms with E-state index in [0.29, 0.717) is 0 Å². The second kappa shape index (κ2) is 6.39. The topological polar surface area (TPSA) is 76.7 Å². The summed E-state index contributed by atoms with van der Waals surface area (Å²) in [6, 6.07) is 6.90. The minimum atomic E-state index is -1.55. The standard InChI is InChI=1S/C13H7Cl3O5/c14-8-5-6(20-12(16)13(18)19)1-2-7(8)11(17)9-3-4-10(15)21-9/h1-5,12H,(H,18,19). The average molecular weight is 350 g/mol. The summed E-state index contributed by atoms with van der Waals surface area (Å²) < 4.78 is 9.93. The van der Waals surface area contributed by atoms with Crippen LogP contribution in [-0.4, -0.2) is 22.4 Å². The highest BCUT2D eigenvalue weighted by Gasteiger charge is 2.19. The van der Waals surface area contributed by atoms with Crippen LogP contribution in [-0.2, 0) is 4.79 Å². The molecule has 0 saturated heterocycles. The van der Waals surface area contributed by atoms with E-state index in [-0.39, 0.29) is 27.3 Å². The molecule has 0 aliphatic heterocycles. The second-order valence-corrected chi connectivity index (χ2v) is 5.02. The number of carbonyl (C=O) groups excluding carboxylic acids is 1. The number of benzene rings is 1. The van der Waals surface area contributed by atoms with Crippen molar-refractivity contribution in [2.24, 2.45) is 0 Å². The van der Waals surface area contributed by atoms with Gasteiger partial charge in [0.05, 0.1) is 5.02 Å². The fraction of sp³-hybridized carbons (Fsp3) is 0.0769. The van der Waals surface area contributed by atoms with Crippen molar-refractivity contribution in [3.8, 4) is 5.75 Å². The fourth-order valence-electron chi connectivity index (χ4n) is 1.49. The summed E-state index contributed by atoms with van der Waals surface area (Å²) in [6.07, 6.45) is 0. The van der Waals surface area contributed by atoms with Gasteiger partial charge in [-0.05, 0) is 41.9 Å². The largest absolute Gasteiger partial charge is 0.478 e. The summed E-state index contributed by atoms with van der Waals surface area (Å²) >= 11 is 17.0. The summed E-state index contributed by atoms with van der Waals surface area (Å²) in [4.78, 5) is 22.7. The number of carboxylic acids is 1. The molecule has 8 heteroatoms. The first-order valence-corrected chi connectivity index (χ1v) is 6.71. The van der Waals surface area contributed by atoms with E-state index >= 15 is 0 Å². The maximum absolute atomic E-state index is 12.1. The van der Waals surface area contributed by atoms with Crippen LogP contribution in [0.25, 0.3) is 0 Å². The highest BCUT2D eigenvalue weighted by atomic mass is 35.5. The SMILES string of the molecule is O=C(c1ccc(Cl)o1)c1ccc(OC(Cl)C(=O)O)cc1Cl. The molecule has 0 spiro atoms. The summed E-state index contributed by atoms with van der Waals surface area (Å²) in [5.74, 6) is -1.63. The van der Waals surface area contributed by atoms with Crippen LogP contribution in [0.3, 0.4) is 0 Å². The zero-order chi connectivity index (χ0) is 15.6. The molecule has 1 heterocycles. The first kappa shape index (κ1) is 15.7. The smallest absolute Gasteiger partial charge is 0.360 e. The number of ether oxygens (including phenoxy) is 1. The Balaban J connectivity index is 2.23. The van der Waals surface area contributed by atoms with Gasteiger partial charge >= 0.3 is 5.97 Å². The Hall–Kier alpha value is -1.69. The number of carboxylic acid groups (broad SMARTS) is 1. The lowest BCUT2D eigenvalue weighted by atomic mass is 10.1. The minimum absolute atomic E-state index is 0.0383. The number of aliphatic carboxylic acids is 1. The van der Waals surface area contributed by atoms with Crippen LogP contribution in [0.1, 0.15) is 16.1 Å². The van der Waals surface area contributed by atoms with E-state index in [9.17, 15) is 9.59 Å². The molecule has 21 heavy (non-hydrogen) atoms. The van der Waals surface area contributed by atoms with Crippen molar-refractivity contribution in [1.29, 1.82) is 0 Å². The van der Waals surface area contributed by atoms with Gasteiger partial charge < -0.3 is 14.3 Å². The van der Waals surface area contributed by atoms with Gasteiger partial charge in [-0.1, -0.05) is 23.2 Å². The molecule has 5 nitrogen and oxygen atoms in total. The van der Waals surface area contributed by atoms with Gasteiger partial charge in [-0.25, -0.2) is 4.79 Å². The third-order valence-corrected chi connectivity index (χ3v) is 3.21. The highest BCUT2D eigenvalue weighted by molar-refractivity contribution is 6.35. The fourth-order valence-corrected chi connectivity index (χ4v) is 2.00. The number of furan rings is 1. The lowest BCUT2D eigenvalue weighted by Gasteiger charge is -2.10. The van der Waals surface area contributed by atoms with Crippen molar-refractivity contribution >= 4 is 46.6 Å². The van der Waals surface area contributed by atoms with E-state index in [2.05, 4.69) is 0 Å². The van der Waals surface area contributed by atoms with Gasteiger partial charge in [0.1, 0.15) is 5.75 Å². The van der Waals surface area contributed by atoms with E-state index in [1.54, 1.807) is 0 Å². The van der Waals surface area contributed by atoms with E-state index in [4.69, 9.17) is 49.1 Å². The summed E-state index contributed by atoms with van der Waals surface area (Å²) in [7, 11) is 0. The van der Waals surface area contributed by atoms with Gasteiger partial charge in [0.15, 0.2) is 11.0 Å². The first-order valence-electron chi connectivity index (χ1n) is 5.51. The molecule has 0 aliphatic carbocycles. The second-order valence-electron chi connectivity index (χ2n) is 3.85. The lowest BCUT2D eigenvalue weighted by Crippen LogP contribution is -2.20. The molecule has 1 atom stereocenters. The Morgan fingerprint density at radius 3 is 2.43 bits per heavy atom. The quantitative estimate of drug-likeness (QED) is 0.655. The zero-order valence-electron chi connectivity index (χ0n) is 10.2. The Bertz CT molecular complexity index is 695. The molecule has 0 fully saturated rings. The predicted octanol–water partition coefficient (Wildman–Crippen LogP) is 3.85. The molecule has 0 radical (unpaired) electrons. The molecule has 1 aromatic heterocycles. The van der Waals surface area contributed by atoms with Crippen LogP contribution >= 0.6 is 34.8 Å². The summed E-state index contributed by atoms with van der Waals surface area (Å²) in [5.41, 5.74) is -1.39. The summed E-state index contributed by atoms with van der Waals surface area (Å²) in [6.45, 7) is 0. The number of hydrogen-bond donors (Lipinski definition) is 1. The van der Waals surface area contributed by atoms with Crippen LogP contribution < -0.4 is 4.74 Å². The maximum atomic E-state index is 12.1. The van der Waals surface area contributed by atoms with Gasteiger partial charge in [0.2, 0.25) is 5.78 Å². The van der Waals surface area contributed by atoms with Gasteiger partial charge in [-0.2, -0.15) is 0 Å². The predicted molar refractivity (Wildman–Crippen MR) is 76.5 cm³/mol. The number of rotatable bonds is 5. The number of hydrogen-bond acceptors (Lipinski definition) is 4. The van der Waals surface area contributed by atoms with Crippen LogP contribution in [0.4, 0.5) is 0 Å². The Kier molecular flexibility index (Phi) is 4.77. The molecule has 110 valence electrons. The minimum Gasteiger partial charge on any atom is -0.478 e. The van der Waals surface area contributed by atoms with Crippen molar-refractivity contribution in [2.45, 2.75) is 5.56 Å². The molecule has 1 aromatic carbocycles. The monoisotopic (exact) mass is 348 g/mol. The van der Waals surface area contributed by atoms with Crippen molar-refractivity contribution in [2.75, 3.05) is 0 Å². The van der Waals surface area contributed by atoms with Gasteiger partial charge in [-0.15, -0.1) is 0 Å². The molecular weight excluding hydrogens is 342 g/mol. The van der Waals surface area contributed by atoms with Crippen LogP contribution in [0.15, 0.2) is 34.7 Å². The Labute approximate surface area is 134 Å². The molecule has 2 aromatic rings. The number of ketones is 1. The third-order valence-electron chi connectivity index (χ3n) is 2.42. The molecule has 0 amide bonds. The zero-order valence-corrected chi connectivity index (χ0v) is 12.4. The van der Waals surface area contributed by atoms with Crippen molar-refractivity contribution in [3.05, 3.63) is 51.9 Å². The van der Waals surface area contributed by atoms with Crippen molar-refractivity contribution in [3.63, 3.8) is 0 Å². The molecule has 2 rings (SSSR count). The van der Waals surface area contributed by atoms with Crippen LogP contribution in [0, 0.1) is 0 Å². The van der Waals surface area contributed by atoms with Gasteiger partial charge in [0.25, 0.3) is 5.56 Å². The Morgan fingerprint density at radius 2 is 1.90 bits per heavy atom. The Morgan fingerprint density at radius 1 is 1.19 bits per heavy atom. The normalized spacial score (nSPS) is 12.0. The lowest BCUT2D eigenvalue weighted by molar-refractivity contribution is -0.141. The molecule has 0 bridgehead atoms. The summed E-state index contributed by atoms with van der Waals surface area (Å²) in [5, 5.41) is 8.79. The van der Waals surface area contributed by atoms with Crippen LogP contribution in [0.2, 0.25) is 10.2 Å². The molecule has 1 N–H and O–H groups in total. The van der Waals surface area contributed by atoms with Crippen molar-refractivity contribution in [1.82, 2.24) is 0 Å². The van der Waals surface area contributed by atoms with Crippen molar-refractivity contribution < 1.29 is 23.8 Å². The van der Waals surface area contributed by atoms with E-state index in [0.717, 1.165) is 0 Å². The van der Waals surface area contributed by atoms with E-state index < -0.39 is 17.3 Å². The van der Waals surface area contributed by atoms with E-state index in [1.807, 2.05) is 0 Å². The van der Waals surface area contributed by atoms with E-state index in [1.165, 1.54) is 30.3 Å². The van der Waals surface area contributed by atoms with Crippen LogP contribution in [0.5, 0.6) is 5.75 Å². The number of alkyl halides is 1. The van der Waals surface area contributed by atoms with Gasteiger partial charge in [0, 0.05) is 5.56 Å². The average Bonchev–Trinajstić information content (AvgIpc) is 2.84. The molecule has 1 unspecified atom stereocenters. The maximum Gasteiger partial charge on any atom is 0.360 e. The number of carbonyl (C=O) groups is 2. The highest BCUT2D eigenvalue weighted by Crippen LogP contribution is 2.27. The molecular formula is C13H7Cl3O5. The first-order chi connectivity index (χ1) is 9.88. The number of halogens is 3. The third kappa shape index (κ3) is 3.69.